The lowest BCUT2D eigenvalue weighted by molar-refractivity contribution is 0.111. The third kappa shape index (κ3) is 3.74. The minimum Gasteiger partial charge on any atom is -0.364 e. The predicted molar refractivity (Wildman–Crippen MR) is 111 cm³/mol. The fourth-order valence-corrected chi connectivity index (χ4v) is 3.56. The Labute approximate surface area is 164 Å². The summed E-state index contributed by atoms with van der Waals surface area (Å²) >= 11 is 0. The third-order valence-electron chi connectivity index (χ3n) is 4.94. The van der Waals surface area contributed by atoms with Crippen molar-refractivity contribution in [2.45, 2.75) is 18.9 Å². The van der Waals surface area contributed by atoms with Gasteiger partial charge in [0.2, 0.25) is 0 Å². The molecule has 1 fully saturated rings. The number of allylic oxidation sites excluding steroid dienone is 2. The van der Waals surface area contributed by atoms with Crippen LogP contribution in [0.1, 0.15) is 29.2 Å². The quantitative estimate of drug-likeness (QED) is 0.794. The number of fused-ring (bicyclic) bond motifs is 1. The number of rotatable bonds is 5. The lowest BCUT2D eigenvalue weighted by Gasteiger charge is -2.29. The highest BCUT2D eigenvalue weighted by Crippen LogP contribution is 2.23. The van der Waals surface area contributed by atoms with Crippen LogP contribution in [0, 0.1) is 0 Å². The van der Waals surface area contributed by atoms with Crippen LogP contribution in [0.4, 0.5) is 5.82 Å². The Kier molecular flexibility index (Phi) is 5.06. The largest absolute Gasteiger partial charge is 0.364 e. The maximum Gasteiger partial charge on any atom is 0.168 e. The van der Waals surface area contributed by atoms with E-state index in [0.717, 1.165) is 55.3 Å². The number of amidine groups is 1. The normalized spacial score (nSPS) is 21.0. The second-order valence-corrected chi connectivity index (χ2v) is 7.18. The van der Waals surface area contributed by atoms with Gasteiger partial charge in [-0.05, 0) is 25.0 Å². The van der Waals surface area contributed by atoms with Crippen molar-refractivity contribution in [3.05, 3.63) is 59.4 Å². The van der Waals surface area contributed by atoms with E-state index in [0.29, 0.717) is 11.5 Å². The molecule has 3 aliphatic rings. The molecule has 0 radical (unpaired) electrons. The molecule has 1 saturated heterocycles. The van der Waals surface area contributed by atoms with Crippen molar-refractivity contribution in [1.82, 2.24) is 20.2 Å². The minimum absolute atomic E-state index is 0.00862. The molecule has 1 N–H and O–H groups in total. The number of hydrogen-bond donors (Lipinski definition) is 1. The highest BCUT2D eigenvalue weighted by Gasteiger charge is 2.22. The van der Waals surface area contributed by atoms with Gasteiger partial charge in [-0.3, -0.25) is 9.79 Å². The molecule has 0 saturated carbocycles. The Morgan fingerprint density at radius 2 is 2.00 bits per heavy atom. The van der Waals surface area contributed by atoms with E-state index in [1.54, 1.807) is 12.1 Å². The number of aromatic nitrogens is 2. The number of carbonyl (C=O) groups excluding carboxylic acids is 1. The van der Waals surface area contributed by atoms with Crippen LogP contribution in [-0.4, -0.2) is 60.2 Å². The van der Waals surface area contributed by atoms with Gasteiger partial charge in [-0.15, -0.1) is 0 Å². The van der Waals surface area contributed by atoms with E-state index in [-0.39, 0.29) is 6.04 Å². The van der Waals surface area contributed by atoms with Crippen molar-refractivity contribution in [2.75, 3.05) is 32.1 Å². The second-order valence-electron chi connectivity index (χ2n) is 7.18. The predicted octanol–water partition coefficient (Wildman–Crippen LogP) is 2.17. The zero-order valence-electron chi connectivity index (χ0n) is 16.2. The molecule has 2 aliphatic heterocycles. The van der Waals surface area contributed by atoms with Gasteiger partial charge in [-0.1, -0.05) is 24.3 Å². The molecule has 7 heteroatoms. The Morgan fingerprint density at radius 1 is 1.18 bits per heavy atom. The van der Waals surface area contributed by atoms with Crippen LogP contribution >= 0.6 is 0 Å². The summed E-state index contributed by atoms with van der Waals surface area (Å²) in [6, 6.07) is 1.75. The lowest BCUT2D eigenvalue weighted by Crippen LogP contribution is -2.37. The number of anilines is 1. The highest BCUT2D eigenvalue weighted by molar-refractivity contribution is 5.98. The average Bonchev–Trinajstić information content (AvgIpc) is 3.26. The first-order valence-corrected chi connectivity index (χ1v) is 9.52. The van der Waals surface area contributed by atoms with Gasteiger partial charge in [-0.2, -0.15) is 0 Å². The number of carbonyl (C=O) groups is 1. The van der Waals surface area contributed by atoms with E-state index in [1.165, 1.54) is 0 Å². The van der Waals surface area contributed by atoms with Crippen molar-refractivity contribution < 1.29 is 4.79 Å². The van der Waals surface area contributed by atoms with Crippen molar-refractivity contribution in [2.24, 2.45) is 4.99 Å². The summed E-state index contributed by atoms with van der Waals surface area (Å²) in [5.74, 6) is 3.07. The van der Waals surface area contributed by atoms with Gasteiger partial charge in [0.25, 0.3) is 0 Å². The van der Waals surface area contributed by atoms with Crippen LogP contribution in [0.5, 0.6) is 0 Å². The molecule has 0 bridgehead atoms. The molecule has 0 aromatic carbocycles. The average molecular weight is 376 g/mol. The molecule has 1 aromatic heterocycles. The Bertz CT molecular complexity index is 919. The summed E-state index contributed by atoms with van der Waals surface area (Å²) in [5, 5.41) is 3.37. The standard InChI is InChI=1S/C21H24N6O/c1-26(2)21-16-7-3-4-8-17(16)23-19(25-21)10-9-18-22-15(14-28)13-20(24-18)27-11-5-6-12-27/h3-4,7-10,13-14,17H,5-6,11-12H2,1-2H3,(H,23,25)/b10-9+. The zero-order chi connectivity index (χ0) is 19.5. The summed E-state index contributed by atoms with van der Waals surface area (Å²) in [4.78, 5) is 29.2. The molecule has 0 spiro atoms. The van der Waals surface area contributed by atoms with E-state index >= 15 is 0 Å². The minimum atomic E-state index is -0.00862. The summed E-state index contributed by atoms with van der Waals surface area (Å²) in [5.41, 5.74) is 1.53. The lowest BCUT2D eigenvalue weighted by atomic mass is 10.0. The summed E-state index contributed by atoms with van der Waals surface area (Å²) < 4.78 is 0. The second kappa shape index (κ2) is 7.80. The Morgan fingerprint density at radius 3 is 2.75 bits per heavy atom. The van der Waals surface area contributed by atoms with E-state index in [1.807, 2.05) is 37.2 Å². The first kappa shape index (κ1) is 18.2. The fourth-order valence-electron chi connectivity index (χ4n) is 3.56. The van der Waals surface area contributed by atoms with Crippen LogP contribution in [0.3, 0.4) is 0 Å². The third-order valence-corrected chi connectivity index (χ3v) is 4.94. The van der Waals surface area contributed by atoms with E-state index < -0.39 is 0 Å². The van der Waals surface area contributed by atoms with Gasteiger partial charge >= 0.3 is 0 Å². The Hall–Kier alpha value is -3.22. The molecule has 1 aromatic rings. The number of nitrogens with zero attached hydrogens (tertiary/aromatic N) is 5. The topological polar surface area (TPSA) is 73.7 Å². The molecule has 3 heterocycles. The zero-order valence-corrected chi connectivity index (χ0v) is 16.2. The summed E-state index contributed by atoms with van der Waals surface area (Å²) in [7, 11) is 4.01. The maximum absolute atomic E-state index is 11.3. The maximum atomic E-state index is 11.3. The van der Waals surface area contributed by atoms with Gasteiger partial charge in [0.05, 0.1) is 6.04 Å². The number of nitrogens with one attached hydrogen (secondary N) is 1. The molecule has 144 valence electrons. The molecule has 4 rings (SSSR count). The molecule has 28 heavy (non-hydrogen) atoms. The van der Waals surface area contributed by atoms with Gasteiger partial charge in [0, 0.05) is 38.8 Å². The van der Waals surface area contributed by atoms with Gasteiger partial charge < -0.3 is 15.1 Å². The van der Waals surface area contributed by atoms with Crippen LogP contribution in [-0.2, 0) is 0 Å². The van der Waals surface area contributed by atoms with Crippen LogP contribution < -0.4 is 10.2 Å². The Balaban J connectivity index is 1.60. The van der Waals surface area contributed by atoms with Gasteiger partial charge in [0.1, 0.15) is 23.2 Å². The van der Waals surface area contributed by atoms with Crippen molar-refractivity contribution in [1.29, 1.82) is 0 Å². The molecular weight excluding hydrogens is 352 g/mol. The van der Waals surface area contributed by atoms with E-state index in [9.17, 15) is 4.79 Å². The summed E-state index contributed by atoms with van der Waals surface area (Å²) in [6.07, 6.45) is 14.9. The van der Waals surface area contributed by atoms with Crippen LogP contribution in [0.2, 0.25) is 0 Å². The molecule has 1 atom stereocenters. The van der Waals surface area contributed by atoms with E-state index in [4.69, 9.17) is 4.99 Å². The summed E-state index contributed by atoms with van der Waals surface area (Å²) in [6.45, 7) is 1.93. The SMILES string of the molecule is CN(C)C1=C2C=CC=CC2N=C(/C=C/c2nc(C=O)cc(N3CCCC3)n2)N1. The van der Waals surface area contributed by atoms with Crippen molar-refractivity contribution in [3.63, 3.8) is 0 Å². The van der Waals surface area contributed by atoms with E-state index in [2.05, 4.69) is 32.3 Å². The number of aliphatic imine (C=N–C) groups is 1. The molecule has 7 nitrogen and oxygen atoms in total. The molecular formula is C21H24N6O. The monoisotopic (exact) mass is 376 g/mol. The highest BCUT2D eigenvalue weighted by atomic mass is 16.1. The van der Waals surface area contributed by atoms with Crippen molar-refractivity contribution in [3.8, 4) is 0 Å². The van der Waals surface area contributed by atoms with Crippen LogP contribution in [0.15, 0.2) is 52.8 Å². The molecule has 1 aliphatic carbocycles. The van der Waals surface area contributed by atoms with Crippen LogP contribution in [0.25, 0.3) is 6.08 Å². The smallest absolute Gasteiger partial charge is 0.168 e. The molecule has 0 amide bonds. The van der Waals surface area contributed by atoms with Gasteiger partial charge in [0.15, 0.2) is 12.1 Å². The van der Waals surface area contributed by atoms with Crippen molar-refractivity contribution >= 4 is 24.0 Å². The number of hydrogen-bond acceptors (Lipinski definition) is 7. The number of aldehydes is 1. The molecule has 1 unspecified atom stereocenters. The fraction of sp³-hybridized carbons (Fsp3) is 0.333. The van der Waals surface area contributed by atoms with Gasteiger partial charge in [-0.25, -0.2) is 9.97 Å². The first-order chi connectivity index (χ1) is 13.6. The first-order valence-electron chi connectivity index (χ1n) is 9.52.